The van der Waals surface area contributed by atoms with Crippen LogP contribution < -0.4 is 0 Å². The second-order valence-electron chi connectivity index (χ2n) is 4.79. The summed E-state index contributed by atoms with van der Waals surface area (Å²) in [7, 11) is 0. The molecule has 21 heavy (non-hydrogen) atoms. The van der Waals surface area contributed by atoms with E-state index in [9.17, 15) is 4.39 Å². The number of alkyl halides is 1. The molecule has 1 aromatic carbocycles. The molecular formula is C15H12Cl2FN3. The number of aromatic nitrogens is 3. The molecule has 1 atom stereocenters. The van der Waals surface area contributed by atoms with Gasteiger partial charge in [-0.3, -0.25) is 4.98 Å². The zero-order valence-electron chi connectivity index (χ0n) is 11.2. The van der Waals surface area contributed by atoms with Crippen LogP contribution in [-0.2, 0) is 6.54 Å². The summed E-state index contributed by atoms with van der Waals surface area (Å²) >= 11 is 12.0. The van der Waals surface area contributed by atoms with Crippen molar-refractivity contribution in [3.63, 3.8) is 0 Å². The van der Waals surface area contributed by atoms with Crippen molar-refractivity contribution in [2.75, 3.05) is 0 Å². The molecule has 0 bridgehead atoms. The zero-order chi connectivity index (χ0) is 15.0. The second kappa shape index (κ2) is 5.62. The molecule has 1 unspecified atom stereocenters. The summed E-state index contributed by atoms with van der Waals surface area (Å²) in [4.78, 5) is 8.56. The zero-order valence-corrected chi connectivity index (χ0v) is 12.7. The highest BCUT2D eigenvalue weighted by molar-refractivity contribution is 6.31. The van der Waals surface area contributed by atoms with Crippen LogP contribution >= 0.6 is 23.2 Å². The van der Waals surface area contributed by atoms with Crippen molar-refractivity contribution >= 4 is 34.2 Å². The van der Waals surface area contributed by atoms with Crippen LogP contribution in [0.5, 0.6) is 0 Å². The number of pyridine rings is 1. The third-order valence-corrected chi connectivity index (χ3v) is 3.72. The fraction of sp³-hybridized carbons (Fsp3) is 0.200. The minimum atomic E-state index is -0.467. The Labute approximate surface area is 131 Å². The lowest BCUT2D eigenvalue weighted by molar-refractivity contribution is 0.628. The summed E-state index contributed by atoms with van der Waals surface area (Å²) in [6.07, 6.45) is 3.47. The van der Waals surface area contributed by atoms with Gasteiger partial charge >= 0.3 is 0 Å². The van der Waals surface area contributed by atoms with Crippen molar-refractivity contribution < 1.29 is 4.39 Å². The summed E-state index contributed by atoms with van der Waals surface area (Å²) in [5, 5.41) is -0.238. The van der Waals surface area contributed by atoms with Crippen LogP contribution in [0.25, 0.3) is 11.0 Å². The van der Waals surface area contributed by atoms with Gasteiger partial charge in [0, 0.05) is 18.5 Å². The molecule has 0 saturated carbocycles. The van der Waals surface area contributed by atoms with E-state index in [0.717, 1.165) is 5.56 Å². The molecular weight excluding hydrogens is 312 g/mol. The third kappa shape index (κ3) is 2.74. The van der Waals surface area contributed by atoms with Crippen LogP contribution in [0.3, 0.4) is 0 Å². The molecule has 0 amide bonds. The highest BCUT2D eigenvalue weighted by Gasteiger charge is 2.17. The molecule has 0 N–H and O–H groups in total. The van der Waals surface area contributed by atoms with Crippen LogP contribution in [0.15, 0.2) is 36.7 Å². The van der Waals surface area contributed by atoms with Gasteiger partial charge in [0.25, 0.3) is 0 Å². The van der Waals surface area contributed by atoms with E-state index >= 15 is 0 Å². The number of nitrogens with zero attached hydrogens (tertiary/aromatic N) is 3. The van der Waals surface area contributed by atoms with Crippen LogP contribution in [0, 0.1) is 5.82 Å². The lowest BCUT2D eigenvalue weighted by Gasteiger charge is -2.10. The second-order valence-corrected chi connectivity index (χ2v) is 5.85. The molecule has 0 fully saturated rings. The fourth-order valence-corrected chi connectivity index (χ4v) is 2.61. The molecule has 0 radical (unpaired) electrons. The molecule has 0 spiro atoms. The van der Waals surface area contributed by atoms with E-state index in [-0.39, 0.29) is 10.4 Å². The first-order chi connectivity index (χ1) is 10.1. The topological polar surface area (TPSA) is 30.7 Å². The molecule has 0 aliphatic rings. The molecule has 2 aromatic heterocycles. The Morgan fingerprint density at radius 2 is 2.19 bits per heavy atom. The quantitative estimate of drug-likeness (QED) is 0.661. The van der Waals surface area contributed by atoms with Gasteiger partial charge in [0.05, 0.1) is 28.0 Å². The monoisotopic (exact) mass is 323 g/mol. The summed E-state index contributed by atoms with van der Waals surface area (Å²) in [5.74, 6) is 0.211. The molecule has 3 aromatic rings. The maximum atomic E-state index is 13.8. The Balaban J connectivity index is 2.18. The predicted molar refractivity (Wildman–Crippen MR) is 82.3 cm³/mol. The van der Waals surface area contributed by atoms with Crippen molar-refractivity contribution in [2.24, 2.45) is 0 Å². The summed E-state index contributed by atoms with van der Waals surface area (Å²) in [6, 6.07) is 6.72. The van der Waals surface area contributed by atoms with Gasteiger partial charge in [0.1, 0.15) is 11.6 Å². The first-order valence-corrected chi connectivity index (χ1v) is 7.26. The number of benzene rings is 1. The number of hydrogen-bond donors (Lipinski definition) is 0. The van der Waals surface area contributed by atoms with Gasteiger partial charge in [-0.1, -0.05) is 17.7 Å². The average Bonchev–Trinajstić information content (AvgIpc) is 2.79. The predicted octanol–water partition coefficient (Wildman–Crippen LogP) is 4.57. The van der Waals surface area contributed by atoms with E-state index in [1.807, 2.05) is 23.6 Å². The third-order valence-electron chi connectivity index (χ3n) is 3.24. The number of hydrogen-bond acceptors (Lipinski definition) is 2. The van der Waals surface area contributed by atoms with Crippen LogP contribution in [-0.4, -0.2) is 14.5 Å². The lowest BCUT2D eigenvalue weighted by atomic mass is 10.2. The van der Waals surface area contributed by atoms with Gasteiger partial charge in [-0.25, -0.2) is 9.37 Å². The average molecular weight is 324 g/mol. The lowest BCUT2D eigenvalue weighted by Crippen LogP contribution is -2.06. The SMILES string of the molecule is CC(Cl)c1nc2cc(Cl)c(F)cc2n1Cc1cccnc1. The highest BCUT2D eigenvalue weighted by atomic mass is 35.5. The van der Waals surface area contributed by atoms with Gasteiger partial charge in [0.15, 0.2) is 0 Å². The van der Waals surface area contributed by atoms with Gasteiger partial charge < -0.3 is 4.57 Å². The molecule has 6 heteroatoms. The highest BCUT2D eigenvalue weighted by Crippen LogP contribution is 2.28. The van der Waals surface area contributed by atoms with E-state index < -0.39 is 5.82 Å². The Morgan fingerprint density at radius 3 is 2.86 bits per heavy atom. The van der Waals surface area contributed by atoms with Crippen molar-refractivity contribution in [2.45, 2.75) is 18.8 Å². The minimum absolute atomic E-state index is 0.0577. The molecule has 0 aliphatic carbocycles. The van der Waals surface area contributed by atoms with Crippen molar-refractivity contribution in [3.05, 3.63) is 58.9 Å². The van der Waals surface area contributed by atoms with Gasteiger partial charge in [-0.05, 0) is 24.6 Å². The van der Waals surface area contributed by atoms with Crippen molar-refractivity contribution in [1.82, 2.24) is 14.5 Å². The number of rotatable bonds is 3. The van der Waals surface area contributed by atoms with Gasteiger partial charge in [0.2, 0.25) is 0 Å². The molecule has 108 valence electrons. The van der Waals surface area contributed by atoms with Crippen molar-refractivity contribution in [3.8, 4) is 0 Å². The van der Waals surface area contributed by atoms with E-state index in [2.05, 4.69) is 9.97 Å². The molecule has 0 aliphatic heterocycles. The number of fused-ring (bicyclic) bond motifs is 1. The largest absolute Gasteiger partial charge is 0.322 e. The van der Waals surface area contributed by atoms with Crippen LogP contribution in [0.2, 0.25) is 5.02 Å². The first-order valence-electron chi connectivity index (χ1n) is 6.44. The maximum Gasteiger partial charge on any atom is 0.144 e. The number of imidazole rings is 1. The van der Waals surface area contributed by atoms with Crippen LogP contribution in [0.1, 0.15) is 23.7 Å². The summed E-state index contributed by atoms with van der Waals surface area (Å²) in [6.45, 7) is 2.36. The van der Waals surface area contributed by atoms with E-state index in [4.69, 9.17) is 23.2 Å². The minimum Gasteiger partial charge on any atom is -0.322 e. The Bertz CT molecular complexity index is 784. The Kier molecular flexibility index (Phi) is 3.83. The molecule has 0 saturated heterocycles. The van der Waals surface area contributed by atoms with Gasteiger partial charge in [-0.15, -0.1) is 11.6 Å². The van der Waals surface area contributed by atoms with E-state index in [1.165, 1.54) is 12.1 Å². The number of halogens is 3. The van der Waals surface area contributed by atoms with E-state index in [1.54, 1.807) is 12.4 Å². The molecule has 3 rings (SSSR count). The first kappa shape index (κ1) is 14.3. The Morgan fingerprint density at radius 1 is 1.38 bits per heavy atom. The van der Waals surface area contributed by atoms with Gasteiger partial charge in [-0.2, -0.15) is 0 Å². The normalized spacial score (nSPS) is 12.8. The summed E-state index contributed by atoms with van der Waals surface area (Å²) in [5.41, 5.74) is 2.29. The summed E-state index contributed by atoms with van der Waals surface area (Å²) < 4.78 is 15.7. The van der Waals surface area contributed by atoms with Crippen molar-refractivity contribution in [1.29, 1.82) is 0 Å². The van der Waals surface area contributed by atoms with E-state index in [0.29, 0.717) is 23.4 Å². The molecule has 2 heterocycles. The smallest absolute Gasteiger partial charge is 0.144 e. The van der Waals surface area contributed by atoms with Crippen LogP contribution in [0.4, 0.5) is 4.39 Å². The maximum absolute atomic E-state index is 13.8. The fourth-order valence-electron chi connectivity index (χ4n) is 2.28. The molecule has 3 nitrogen and oxygen atoms in total. The Hall–Kier alpha value is -1.65. The standard InChI is InChI=1S/C15H12Cl2FN3/c1-9(16)15-20-13-5-11(17)12(18)6-14(13)21(15)8-10-3-2-4-19-7-10/h2-7,9H,8H2,1H3.